The van der Waals surface area contributed by atoms with Crippen LogP contribution >= 0.6 is 11.6 Å². The van der Waals surface area contributed by atoms with E-state index in [2.05, 4.69) is 0 Å². The van der Waals surface area contributed by atoms with Crippen molar-refractivity contribution >= 4 is 34.8 Å². The summed E-state index contributed by atoms with van der Waals surface area (Å²) in [7, 11) is 3.10. The quantitative estimate of drug-likeness (QED) is 0.494. The number of carbonyl (C=O) groups excluding carboxylic acids is 2. The number of halogens is 1. The molecule has 2 aliphatic rings. The standard InChI is InChI=1S/C26H23ClN2O5/c1-15-18(27)12-8-13-19(15)28-25(30)21-22(17-11-7-14-20(32-2)23(17)33-3)29(34-24(21)26(28)31)16-9-5-4-6-10-16/h4-14,21-22,24H,1-3H3/t21-,22-,24-/m0/s1. The van der Waals surface area contributed by atoms with Crippen molar-refractivity contribution in [3.05, 3.63) is 82.9 Å². The fraction of sp³-hybridized carbons (Fsp3) is 0.231. The molecule has 5 rings (SSSR count). The molecule has 0 aromatic heterocycles. The zero-order valence-electron chi connectivity index (χ0n) is 18.9. The van der Waals surface area contributed by atoms with Gasteiger partial charge in [0.1, 0.15) is 12.0 Å². The number of ether oxygens (including phenoxy) is 2. The molecule has 3 atom stereocenters. The van der Waals surface area contributed by atoms with Gasteiger partial charge in [0.2, 0.25) is 5.91 Å². The van der Waals surface area contributed by atoms with E-state index in [9.17, 15) is 9.59 Å². The van der Waals surface area contributed by atoms with Crippen molar-refractivity contribution < 1.29 is 23.9 Å². The number of benzene rings is 3. The first kappa shape index (κ1) is 22.3. The van der Waals surface area contributed by atoms with Gasteiger partial charge < -0.3 is 9.47 Å². The second-order valence-corrected chi connectivity index (χ2v) is 8.54. The molecule has 2 amide bonds. The lowest BCUT2D eigenvalue weighted by molar-refractivity contribution is -0.126. The zero-order valence-corrected chi connectivity index (χ0v) is 19.7. The lowest BCUT2D eigenvalue weighted by Crippen LogP contribution is -2.37. The van der Waals surface area contributed by atoms with E-state index in [1.165, 1.54) is 4.90 Å². The Labute approximate surface area is 202 Å². The van der Waals surface area contributed by atoms with E-state index in [1.54, 1.807) is 50.5 Å². The molecular weight excluding hydrogens is 456 g/mol. The van der Waals surface area contributed by atoms with Crippen LogP contribution in [0, 0.1) is 12.8 Å². The Morgan fingerprint density at radius 2 is 1.62 bits per heavy atom. The fourth-order valence-corrected chi connectivity index (χ4v) is 4.92. The van der Waals surface area contributed by atoms with E-state index >= 15 is 0 Å². The number of hydrogen-bond donors (Lipinski definition) is 0. The fourth-order valence-electron chi connectivity index (χ4n) is 4.75. The molecule has 3 aromatic carbocycles. The summed E-state index contributed by atoms with van der Waals surface area (Å²) in [5, 5.41) is 2.11. The first-order chi connectivity index (χ1) is 16.5. The van der Waals surface area contributed by atoms with Crippen LogP contribution in [0.5, 0.6) is 11.5 Å². The Morgan fingerprint density at radius 3 is 2.32 bits per heavy atom. The molecule has 0 saturated carbocycles. The van der Waals surface area contributed by atoms with Gasteiger partial charge in [-0.2, -0.15) is 0 Å². The van der Waals surface area contributed by atoms with Crippen molar-refractivity contribution in [2.75, 3.05) is 24.2 Å². The van der Waals surface area contributed by atoms with E-state index < -0.39 is 24.0 Å². The van der Waals surface area contributed by atoms with Crippen LogP contribution in [0.15, 0.2) is 66.7 Å². The van der Waals surface area contributed by atoms with E-state index in [0.717, 1.165) is 5.69 Å². The van der Waals surface area contributed by atoms with Crippen LogP contribution in [-0.2, 0) is 14.4 Å². The Bertz CT molecular complexity index is 1270. The smallest absolute Gasteiger partial charge is 0.266 e. The van der Waals surface area contributed by atoms with E-state index in [-0.39, 0.29) is 5.91 Å². The predicted molar refractivity (Wildman–Crippen MR) is 128 cm³/mol. The number of imide groups is 1. The van der Waals surface area contributed by atoms with Gasteiger partial charge in [0.25, 0.3) is 5.91 Å². The lowest BCUT2D eigenvalue weighted by Gasteiger charge is -2.30. The highest BCUT2D eigenvalue weighted by Gasteiger charge is 2.61. The summed E-state index contributed by atoms with van der Waals surface area (Å²) >= 11 is 6.29. The van der Waals surface area contributed by atoms with Gasteiger partial charge in [-0.15, -0.1) is 0 Å². The van der Waals surface area contributed by atoms with E-state index in [0.29, 0.717) is 33.3 Å². The Morgan fingerprint density at radius 1 is 0.882 bits per heavy atom. The average Bonchev–Trinajstić information content (AvgIpc) is 3.37. The molecule has 0 spiro atoms. The van der Waals surface area contributed by atoms with Crippen molar-refractivity contribution in [3.63, 3.8) is 0 Å². The maximum absolute atomic E-state index is 13.9. The molecule has 2 saturated heterocycles. The summed E-state index contributed by atoms with van der Waals surface area (Å²) in [5.74, 6) is -0.569. The van der Waals surface area contributed by atoms with Crippen molar-refractivity contribution in [1.82, 2.24) is 0 Å². The second kappa shape index (κ2) is 8.66. The van der Waals surface area contributed by atoms with Crippen LogP contribution in [0.4, 0.5) is 11.4 Å². The van der Waals surface area contributed by atoms with Gasteiger partial charge in [-0.05, 0) is 42.8 Å². The number of anilines is 2. The first-order valence-electron chi connectivity index (χ1n) is 10.8. The number of rotatable bonds is 5. The third kappa shape index (κ3) is 3.31. The summed E-state index contributed by atoms with van der Waals surface area (Å²) < 4.78 is 11.2. The van der Waals surface area contributed by atoms with Gasteiger partial charge >= 0.3 is 0 Å². The van der Waals surface area contributed by atoms with Crippen LogP contribution in [-0.4, -0.2) is 32.1 Å². The zero-order chi connectivity index (χ0) is 24.0. The molecule has 7 nitrogen and oxygen atoms in total. The lowest BCUT2D eigenvalue weighted by atomic mass is 9.89. The summed E-state index contributed by atoms with van der Waals surface area (Å²) in [6.07, 6.45) is -0.994. The largest absolute Gasteiger partial charge is 0.493 e. The molecule has 0 radical (unpaired) electrons. The van der Waals surface area contributed by atoms with Crippen molar-refractivity contribution in [2.45, 2.75) is 19.1 Å². The number of amides is 2. The van der Waals surface area contributed by atoms with Gasteiger partial charge in [0.15, 0.2) is 17.6 Å². The topological polar surface area (TPSA) is 68.3 Å². The SMILES string of the molecule is COc1cccc([C@H]2[C@@H]3C(=O)N(c4cccc(Cl)c4C)C(=O)[C@H]3ON2c2ccccc2)c1OC. The Kier molecular flexibility index (Phi) is 5.67. The second-order valence-electron chi connectivity index (χ2n) is 8.14. The number of nitrogens with zero attached hydrogens (tertiary/aromatic N) is 2. The highest BCUT2D eigenvalue weighted by Crippen LogP contribution is 2.51. The van der Waals surface area contributed by atoms with Crippen LogP contribution in [0.25, 0.3) is 0 Å². The van der Waals surface area contributed by atoms with Crippen LogP contribution in [0.2, 0.25) is 5.02 Å². The normalized spacial score (nSPS) is 21.7. The molecular formula is C26H23ClN2O5. The van der Waals surface area contributed by atoms with Gasteiger partial charge in [0, 0.05) is 10.6 Å². The van der Waals surface area contributed by atoms with Crippen LogP contribution < -0.4 is 19.4 Å². The summed E-state index contributed by atoms with van der Waals surface area (Å²) in [5.41, 5.74) is 2.52. The van der Waals surface area contributed by atoms with Crippen molar-refractivity contribution in [1.29, 1.82) is 0 Å². The number of carbonyl (C=O) groups is 2. The molecule has 2 heterocycles. The summed E-state index contributed by atoms with van der Waals surface area (Å²) in [6, 6.07) is 19.4. The van der Waals surface area contributed by atoms with Gasteiger partial charge in [0.05, 0.1) is 25.6 Å². The van der Waals surface area contributed by atoms with Gasteiger partial charge in [-0.1, -0.05) is 48.0 Å². The Balaban J connectivity index is 1.66. The molecule has 0 unspecified atom stereocenters. The van der Waals surface area contributed by atoms with E-state index in [4.69, 9.17) is 25.9 Å². The average molecular weight is 479 g/mol. The molecule has 2 fully saturated rings. The predicted octanol–water partition coefficient (Wildman–Crippen LogP) is 4.72. The molecule has 34 heavy (non-hydrogen) atoms. The highest BCUT2D eigenvalue weighted by atomic mass is 35.5. The Hall–Kier alpha value is -3.55. The maximum atomic E-state index is 13.9. The summed E-state index contributed by atoms with van der Waals surface area (Å²) in [4.78, 5) is 34.8. The number of hydroxylamine groups is 1. The van der Waals surface area contributed by atoms with Crippen molar-refractivity contribution in [2.24, 2.45) is 5.92 Å². The molecule has 174 valence electrons. The van der Waals surface area contributed by atoms with Crippen LogP contribution in [0.1, 0.15) is 17.2 Å². The first-order valence-corrected chi connectivity index (χ1v) is 11.2. The maximum Gasteiger partial charge on any atom is 0.266 e. The highest BCUT2D eigenvalue weighted by molar-refractivity contribution is 6.32. The molecule has 8 heteroatoms. The molecule has 0 N–H and O–H groups in total. The molecule has 0 aliphatic carbocycles. The third-order valence-electron chi connectivity index (χ3n) is 6.36. The van der Waals surface area contributed by atoms with Gasteiger partial charge in [-0.3, -0.25) is 14.4 Å². The minimum absolute atomic E-state index is 0.353. The minimum Gasteiger partial charge on any atom is -0.493 e. The molecule has 0 bridgehead atoms. The molecule has 2 aliphatic heterocycles. The van der Waals surface area contributed by atoms with Gasteiger partial charge in [-0.25, -0.2) is 9.96 Å². The van der Waals surface area contributed by atoms with Crippen LogP contribution in [0.3, 0.4) is 0 Å². The number of hydrogen-bond acceptors (Lipinski definition) is 6. The van der Waals surface area contributed by atoms with E-state index in [1.807, 2.05) is 42.5 Å². The minimum atomic E-state index is -0.994. The number of methoxy groups -OCH3 is 2. The van der Waals surface area contributed by atoms with Crippen molar-refractivity contribution in [3.8, 4) is 11.5 Å². The molecule has 3 aromatic rings. The number of para-hydroxylation sites is 2. The monoisotopic (exact) mass is 478 g/mol. The third-order valence-corrected chi connectivity index (χ3v) is 6.77. The summed E-state index contributed by atoms with van der Waals surface area (Å²) in [6.45, 7) is 1.78. The number of fused-ring (bicyclic) bond motifs is 1.